The molecule has 0 fully saturated rings. The van der Waals surface area contributed by atoms with Gasteiger partial charge in [-0.3, -0.25) is 4.79 Å². The first-order valence-electron chi connectivity index (χ1n) is 7.36. The van der Waals surface area contributed by atoms with Crippen molar-refractivity contribution in [2.24, 2.45) is 0 Å². The largest absolute Gasteiger partial charge is 0.479 e. The monoisotopic (exact) mass is 344 g/mol. The fraction of sp³-hybridized carbons (Fsp3) is 0.167. The quantitative estimate of drug-likeness (QED) is 0.647. The first-order valence-corrected chi connectivity index (χ1v) is 7.36. The summed E-state index contributed by atoms with van der Waals surface area (Å²) < 4.78 is 4.84. The minimum Gasteiger partial charge on any atom is -0.479 e. The van der Waals surface area contributed by atoms with E-state index in [1.807, 2.05) is 0 Å². The third-order valence-electron chi connectivity index (χ3n) is 3.53. The van der Waals surface area contributed by atoms with Crippen molar-refractivity contribution in [3.05, 3.63) is 71.8 Å². The number of benzene rings is 2. The molecular formula is C18H16O7. The first-order chi connectivity index (χ1) is 11.9. The third kappa shape index (κ3) is 4.42. The number of aliphatic hydroxyl groups is 1. The number of carbonyl (C=O) groups excluding carboxylic acids is 1. The van der Waals surface area contributed by atoms with Gasteiger partial charge in [-0.1, -0.05) is 60.7 Å². The Morgan fingerprint density at radius 1 is 0.760 bits per heavy atom. The summed E-state index contributed by atoms with van der Waals surface area (Å²) >= 11 is 0. The number of carbonyl (C=O) groups is 3. The van der Waals surface area contributed by atoms with Crippen LogP contribution in [0.25, 0.3) is 0 Å². The highest BCUT2D eigenvalue weighted by Gasteiger charge is 2.38. The molecule has 2 unspecified atom stereocenters. The van der Waals surface area contributed by atoms with E-state index in [2.05, 4.69) is 0 Å². The molecule has 0 saturated heterocycles. The lowest BCUT2D eigenvalue weighted by molar-refractivity contribution is -0.178. The molecule has 0 radical (unpaired) electrons. The summed E-state index contributed by atoms with van der Waals surface area (Å²) in [4.78, 5) is 34.6. The van der Waals surface area contributed by atoms with Crippen molar-refractivity contribution >= 4 is 17.9 Å². The lowest BCUT2D eigenvalue weighted by Gasteiger charge is -2.21. The minimum absolute atomic E-state index is 0.549. The van der Waals surface area contributed by atoms with Crippen molar-refractivity contribution < 1.29 is 34.4 Å². The van der Waals surface area contributed by atoms with E-state index in [1.165, 1.54) is 0 Å². The fourth-order valence-electron chi connectivity index (χ4n) is 2.33. The number of aliphatic carboxylic acids is 2. The smallest absolute Gasteiger partial charge is 0.348 e. The van der Waals surface area contributed by atoms with Crippen LogP contribution in [0, 0.1) is 0 Å². The Morgan fingerprint density at radius 2 is 1.20 bits per heavy atom. The first kappa shape index (κ1) is 18.2. The fourth-order valence-corrected chi connectivity index (χ4v) is 2.33. The maximum atomic E-state index is 12.6. The van der Waals surface area contributed by atoms with Gasteiger partial charge >= 0.3 is 17.9 Å². The van der Waals surface area contributed by atoms with E-state index in [9.17, 15) is 19.5 Å². The molecule has 0 aliphatic carbocycles. The number of carboxylic acid groups (broad SMARTS) is 2. The van der Waals surface area contributed by atoms with Gasteiger partial charge in [-0.2, -0.15) is 0 Å². The number of hydrogen-bond donors (Lipinski definition) is 3. The number of carboxylic acids is 2. The number of aliphatic hydroxyl groups excluding tert-OH is 1. The molecule has 0 saturated carbocycles. The molecule has 7 nitrogen and oxygen atoms in total. The second-order valence-corrected chi connectivity index (χ2v) is 5.23. The average Bonchev–Trinajstić information content (AvgIpc) is 2.61. The zero-order valence-electron chi connectivity index (χ0n) is 13.0. The lowest BCUT2D eigenvalue weighted by atomic mass is 9.91. The van der Waals surface area contributed by atoms with Gasteiger partial charge in [0.25, 0.3) is 0 Å². The van der Waals surface area contributed by atoms with Crippen LogP contribution in [0.15, 0.2) is 60.7 Å². The molecule has 7 heteroatoms. The topological polar surface area (TPSA) is 121 Å². The molecule has 2 aromatic rings. The second kappa shape index (κ2) is 8.07. The van der Waals surface area contributed by atoms with Crippen LogP contribution >= 0.6 is 0 Å². The Hall–Kier alpha value is -3.19. The van der Waals surface area contributed by atoms with E-state index in [-0.39, 0.29) is 0 Å². The summed E-state index contributed by atoms with van der Waals surface area (Å²) in [6, 6.07) is 17.0. The summed E-state index contributed by atoms with van der Waals surface area (Å²) in [5.74, 6) is -5.46. The molecule has 0 bridgehead atoms. The van der Waals surface area contributed by atoms with Gasteiger partial charge < -0.3 is 20.1 Å². The van der Waals surface area contributed by atoms with Crippen LogP contribution in [0.5, 0.6) is 0 Å². The average molecular weight is 344 g/mol. The number of ether oxygens (including phenoxy) is 1. The van der Waals surface area contributed by atoms with Crippen LogP contribution in [-0.2, 0) is 19.1 Å². The van der Waals surface area contributed by atoms with Gasteiger partial charge in [-0.25, -0.2) is 9.59 Å². The van der Waals surface area contributed by atoms with E-state index >= 15 is 0 Å². The highest BCUT2D eigenvalue weighted by Crippen LogP contribution is 2.26. The standard InChI is InChI=1S/C18H16O7/c19-14(16(20)21)15(17(22)23)25-18(24)13(11-7-3-1-4-8-11)12-9-5-2-6-10-12/h1-10,13-15,19H,(H,20,21)(H,22,23). The van der Waals surface area contributed by atoms with Crippen molar-refractivity contribution in [3.63, 3.8) is 0 Å². The second-order valence-electron chi connectivity index (χ2n) is 5.23. The molecule has 25 heavy (non-hydrogen) atoms. The molecule has 130 valence electrons. The van der Waals surface area contributed by atoms with Crippen LogP contribution in [0.3, 0.4) is 0 Å². The van der Waals surface area contributed by atoms with E-state index in [1.54, 1.807) is 60.7 Å². The summed E-state index contributed by atoms with van der Waals surface area (Å²) in [5, 5.41) is 27.3. The summed E-state index contributed by atoms with van der Waals surface area (Å²) in [7, 11) is 0. The van der Waals surface area contributed by atoms with Gasteiger partial charge in [-0.05, 0) is 11.1 Å². The normalized spacial score (nSPS) is 13.0. The Bertz CT molecular complexity index is 703. The number of rotatable bonds is 7. The van der Waals surface area contributed by atoms with Crippen LogP contribution in [-0.4, -0.2) is 45.4 Å². The van der Waals surface area contributed by atoms with E-state index in [0.717, 1.165) is 0 Å². The number of esters is 1. The molecule has 0 spiro atoms. The predicted molar refractivity (Wildman–Crippen MR) is 85.9 cm³/mol. The Morgan fingerprint density at radius 3 is 1.56 bits per heavy atom. The van der Waals surface area contributed by atoms with Gasteiger partial charge in [0.2, 0.25) is 6.10 Å². The maximum Gasteiger partial charge on any atom is 0.348 e. The molecule has 2 aromatic carbocycles. The van der Waals surface area contributed by atoms with Crippen LogP contribution in [0.2, 0.25) is 0 Å². The maximum absolute atomic E-state index is 12.6. The molecule has 0 heterocycles. The molecule has 2 atom stereocenters. The van der Waals surface area contributed by atoms with E-state index in [4.69, 9.17) is 14.9 Å². The summed E-state index contributed by atoms with van der Waals surface area (Å²) in [6.07, 6.45) is -4.58. The Kier molecular flexibility index (Phi) is 5.86. The van der Waals surface area contributed by atoms with Crippen LogP contribution in [0.1, 0.15) is 17.0 Å². The molecule has 0 amide bonds. The highest BCUT2D eigenvalue weighted by molar-refractivity contribution is 5.88. The zero-order chi connectivity index (χ0) is 18.4. The van der Waals surface area contributed by atoms with Crippen molar-refractivity contribution in [1.29, 1.82) is 0 Å². The van der Waals surface area contributed by atoms with Gasteiger partial charge in [0.1, 0.15) is 5.92 Å². The zero-order valence-corrected chi connectivity index (χ0v) is 13.0. The third-order valence-corrected chi connectivity index (χ3v) is 3.53. The summed E-state index contributed by atoms with van der Waals surface area (Å²) in [6.45, 7) is 0. The summed E-state index contributed by atoms with van der Waals surface area (Å²) in [5.41, 5.74) is 1.10. The van der Waals surface area contributed by atoms with Crippen molar-refractivity contribution in [2.45, 2.75) is 18.1 Å². The van der Waals surface area contributed by atoms with Gasteiger partial charge in [0, 0.05) is 0 Å². The van der Waals surface area contributed by atoms with Gasteiger partial charge in [0.05, 0.1) is 0 Å². The van der Waals surface area contributed by atoms with Crippen molar-refractivity contribution in [2.75, 3.05) is 0 Å². The molecule has 3 N–H and O–H groups in total. The van der Waals surface area contributed by atoms with E-state index in [0.29, 0.717) is 11.1 Å². The van der Waals surface area contributed by atoms with Crippen LogP contribution in [0.4, 0.5) is 0 Å². The SMILES string of the molecule is O=C(OC(C(=O)O)C(O)C(=O)O)C(c1ccccc1)c1ccccc1. The van der Waals surface area contributed by atoms with Crippen molar-refractivity contribution in [3.8, 4) is 0 Å². The molecule has 0 aliphatic rings. The lowest BCUT2D eigenvalue weighted by Crippen LogP contribution is -2.43. The molecule has 0 aromatic heterocycles. The Labute approximate surface area is 143 Å². The van der Waals surface area contributed by atoms with Crippen molar-refractivity contribution in [1.82, 2.24) is 0 Å². The Balaban J connectivity index is 2.36. The molecular weight excluding hydrogens is 328 g/mol. The van der Waals surface area contributed by atoms with Gasteiger partial charge in [0.15, 0.2) is 6.10 Å². The molecule has 2 rings (SSSR count). The van der Waals surface area contributed by atoms with Gasteiger partial charge in [-0.15, -0.1) is 0 Å². The van der Waals surface area contributed by atoms with Crippen LogP contribution < -0.4 is 0 Å². The predicted octanol–water partition coefficient (Wildman–Crippen LogP) is 1.26. The highest BCUT2D eigenvalue weighted by atomic mass is 16.6. The minimum atomic E-state index is -2.37. The number of hydrogen-bond acceptors (Lipinski definition) is 5. The van der Waals surface area contributed by atoms with E-state index < -0.39 is 36.0 Å². The molecule has 0 aliphatic heterocycles.